The molecule has 2 aromatic rings. The molecule has 0 amide bonds. The molecule has 2 rings (SSSR count). The van der Waals surface area contributed by atoms with Crippen LogP contribution in [0.3, 0.4) is 0 Å². The molecule has 0 heterocycles. The van der Waals surface area contributed by atoms with Crippen molar-refractivity contribution in [2.45, 2.75) is 19.8 Å². The third-order valence-corrected chi connectivity index (χ3v) is 3.17. The molecule has 0 unspecified atom stereocenters. The van der Waals surface area contributed by atoms with E-state index in [0.717, 1.165) is 11.6 Å². The number of halogens is 2. The average Bonchev–Trinajstić information content (AvgIpc) is 2.42. The molecule has 2 N–H and O–H groups in total. The zero-order chi connectivity index (χ0) is 14.9. The van der Waals surface area contributed by atoms with Crippen LogP contribution in [0, 0.1) is 11.6 Å². The number of rotatable bonds is 3. The van der Waals surface area contributed by atoms with E-state index in [1.54, 1.807) is 12.1 Å². The van der Waals surface area contributed by atoms with Crippen molar-refractivity contribution in [1.29, 1.82) is 0 Å². The molecule has 20 heavy (non-hydrogen) atoms. The highest BCUT2D eigenvalue weighted by Crippen LogP contribution is 2.21. The Morgan fingerprint density at radius 3 is 2.20 bits per heavy atom. The van der Waals surface area contributed by atoms with Crippen LogP contribution in [0.2, 0.25) is 0 Å². The van der Waals surface area contributed by atoms with Crippen LogP contribution in [0.4, 0.5) is 14.5 Å². The van der Waals surface area contributed by atoms with Gasteiger partial charge >= 0.3 is 0 Å². The van der Waals surface area contributed by atoms with Crippen LogP contribution in [0.1, 0.15) is 41.3 Å². The van der Waals surface area contributed by atoms with Crippen molar-refractivity contribution < 1.29 is 13.6 Å². The van der Waals surface area contributed by atoms with Gasteiger partial charge in [0.05, 0.1) is 11.3 Å². The molecule has 2 aromatic carbocycles. The lowest BCUT2D eigenvalue weighted by molar-refractivity contribution is 0.103. The van der Waals surface area contributed by atoms with Gasteiger partial charge < -0.3 is 5.73 Å². The number of carbonyl (C=O) groups excluding carboxylic acids is 1. The number of hydrogen-bond acceptors (Lipinski definition) is 2. The molecular formula is C16H15F2NO. The maximum Gasteiger partial charge on any atom is 0.196 e. The fraction of sp³-hybridized carbons (Fsp3) is 0.188. The second-order valence-corrected chi connectivity index (χ2v) is 4.96. The third-order valence-electron chi connectivity index (χ3n) is 3.17. The first-order valence-corrected chi connectivity index (χ1v) is 6.29. The first-order valence-electron chi connectivity index (χ1n) is 6.29. The van der Waals surface area contributed by atoms with Crippen LogP contribution >= 0.6 is 0 Å². The first kappa shape index (κ1) is 14.2. The van der Waals surface area contributed by atoms with E-state index in [9.17, 15) is 13.6 Å². The summed E-state index contributed by atoms with van der Waals surface area (Å²) in [6, 6.07) is 8.58. The summed E-state index contributed by atoms with van der Waals surface area (Å²) in [6.45, 7) is 4.08. The molecule has 0 spiro atoms. The maximum atomic E-state index is 13.7. The predicted octanol–water partition coefficient (Wildman–Crippen LogP) is 3.90. The van der Waals surface area contributed by atoms with Crippen molar-refractivity contribution >= 4 is 11.5 Å². The standard InChI is InChI=1S/C16H15F2NO/c1-9(2)10-3-5-11(6-4-10)16(20)12-7-15(19)14(18)8-13(12)17/h3-9H,19H2,1-2H3. The summed E-state index contributed by atoms with van der Waals surface area (Å²) in [6.07, 6.45) is 0. The molecule has 0 aliphatic heterocycles. The number of hydrogen-bond donors (Lipinski definition) is 1. The Bertz CT molecular complexity index is 648. The molecule has 4 heteroatoms. The van der Waals surface area contributed by atoms with Gasteiger partial charge in [-0.05, 0) is 17.5 Å². The van der Waals surface area contributed by atoms with E-state index in [-0.39, 0.29) is 11.3 Å². The van der Waals surface area contributed by atoms with Gasteiger partial charge in [0.25, 0.3) is 0 Å². The summed E-state index contributed by atoms with van der Waals surface area (Å²) >= 11 is 0. The minimum Gasteiger partial charge on any atom is -0.396 e. The predicted molar refractivity (Wildman–Crippen MR) is 74.7 cm³/mol. The van der Waals surface area contributed by atoms with Crippen LogP contribution in [-0.4, -0.2) is 5.78 Å². The zero-order valence-corrected chi connectivity index (χ0v) is 11.3. The number of benzene rings is 2. The van der Waals surface area contributed by atoms with Gasteiger partial charge in [0.15, 0.2) is 5.78 Å². The summed E-state index contributed by atoms with van der Waals surface area (Å²) in [5.74, 6) is -1.94. The minimum atomic E-state index is -0.908. The topological polar surface area (TPSA) is 43.1 Å². The highest BCUT2D eigenvalue weighted by Gasteiger charge is 2.16. The van der Waals surface area contributed by atoms with Gasteiger partial charge in [-0.1, -0.05) is 38.1 Å². The lowest BCUT2D eigenvalue weighted by atomic mass is 9.97. The Morgan fingerprint density at radius 2 is 1.65 bits per heavy atom. The molecule has 0 radical (unpaired) electrons. The molecule has 0 saturated carbocycles. The van der Waals surface area contributed by atoms with Gasteiger partial charge in [0.2, 0.25) is 0 Å². The summed E-state index contributed by atoms with van der Waals surface area (Å²) in [4.78, 5) is 12.2. The van der Waals surface area contributed by atoms with E-state index in [2.05, 4.69) is 0 Å². The van der Waals surface area contributed by atoms with E-state index < -0.39 is 17.4 Å². The van der Waals surface area contributed by atoms with Gasteiger partial charge in [-0.3, -0.25) is 4.79 Å². The lowest BCUT2D eigenvalue weighted by Crippen LogP contribution is -2.07. The molecule has 0 aliphatic carbocycles. The van der Waals surface area contributed by atoms with Gasteiger partial charge in [-0.25, -0.2) is 8.78 Å². The number of anilines is 1. The van der Waals surface area contributed by atoms with Crippen molar-refractivity contribution in [1.82, 2.24) is 0 Å². The Labute approximate surface area is 116 Å². The Hall–Kier alpha value is -2.23. The van der Waals surface area contributed by atoms with Crippen molar-refractivity contribution in [3.63, 3.8) is 0 Å². The zero-order valence-electron chi connectivity index (χ0n) is 11.3. The monoisotopic (exact) mass is 275 g/mol. The SMILES string of the molecule is CC(C)c1ccc(C(=O)c2cc(N)c(F)cc2F)cc1. The van der Waals surface area contributed by atoms with Crippen LogP contribution in [0.5, 0.6) is 0 Å². The molecule has 0 fully saturated rings. The van der Waals surface area contributed by atoms with Crippen molar-refractivity contribution in [2.24, 2.45) is 0 Å². The molecule has 2 nitrogen and oxygen atoms in total. The Kier molecular flexibility index (Phi) is 3.84. The Balaban J connectivity index is 2.38. The lowest BCUT2D eigenvalue weighted by Gasteiger charge is -2.08. The average molecular weight is 275 g/mol. The van der Waals surface area contributed by atoms with E-state index >= 15 is 0 Å². The molecule has 104 valence electrons. The fourth-order valence-corrected chi connectivity index (χ4v) is 1.91. The Morgan fingerprint density at radius 1 is 1.05 bits per heavy atom. The van der Waals surface area contributed by atoms with Crippen molar-refractivity contribution in [2.75, 3.05) is 5.73 Å². The van der Waals surface area contributed by atoms with Gasteiger partial charge in [-0.2, -0.15) is 0 Å². The highest BCUT2D eigenvalue weighted by molar-refractivity contribution is 6.09. The van der Waals surface area contributed by atoms with E-state index in [0.29, 0.717) is 17.5 Å². The molecule has 0 bridgehead atoms. The van der Waals surface area contributed by atoms with Gasteiger partial charge in [-0.15, -0.1) is 0 Å². The number of nitrogen functional groups attached to an aromatic ring is 1. The third kappa shape index (κ3) is 2.69. The fourth-order valence-electron chi connectivity index (χ4n) is 1.91. The summed E-state index contributed by atoms with van der Waals surface area (Å²) < 4.78 is 26.7. The van der Waals surface area contributed by atoms with Crippen molar-refractivity contribution in [3.05, 3.63) is 64.7 Å². The van der Waals surface area contributed by atoms with E-state index in [1.807, 2.05) is 26.0 Å². The molecule has 0 saturated heterocycles. The largest absolute Gasteiger partial charge is 0.396 e. The minimum absolute atomic E-state index is 0.221. The highest BCUT2D eigenvalue weighted by atomic mass is 19.1. The molecular weight excluding hydrogens is 260 g/mol. The smallest absolute Gasteiger partial charge is 0.196 e. The quantitative estimate of drug-likeness (QED) is 0.682. The second kappa shape index (κ2) is 5.41. The van der Waals surface area contributed by atoms with Crippen LogP contribution in [0.25, 0.3) is 0 Å². The summed E-state index contributed by atoms with van der Waals surface area (Å²) in [5.41, 5.74) is 6.34. The van der Waals surface area contributed by atoms with Gasteiger partial charge in [0, 0.05) is 11.6 Å². The van der Waals surface area contributed by atoms with Crippen molar-refractivity contribution in [3.8, 4) is 0 Å². The number of carbonyl (C=O) groups is 1. The maximum absolute atomic E-state index is 13.7. The van der Waals surface area contributed by atoms with Crippen LogP contribution in [-0.2, 0) is 0 Å². The van der Waals surface area contributed by atoms with Gasteiger partial charge in [0.1, 0.15) is 11.6 Å². The van der Waals surface area contributed by atoms with E-state index in [4.69, 9.17) is 5.73 Å². The normalized spacial score (nSPS) is 10.8. The number of ketones is 1. The number of nitrogens with two attached hydrogens (primary N) is 1. The molecule has 0 atom stereocenters. The second-order valence-electron chi connectivity index (χ2n) is 4.96. The van der Waals surface area contributed by atoms with Crippen LogP contribution in [0.15, 0.2) is 36.4 Å². The summed E-state index contributed by atoms with van der Waals surface area (Å²) in [7, 11) is 0. The summed E-state index contributed by atoms with van der Waals surface area (Å²) in [5, 5.41) is 0. The van der Waals surface area contributed by atoms with E-state index in [1.165, 1.54) is 0 Å². The molecule has 0 aliphatic rings. The molecule has 0 aromatic heterocycles. The van der Waals surface area contributed by atoms with Crippen LogP contribution < -0.4 is 5.73 Å². The first-order chi connectivity index (χ1) is 9.40.